The summed E-state index contributed by atoms with van der Waals surface area (Å²) in [5.74, 6) is -0.301. The van der Waals surface area contributed by atoms with Crippen molar-refractivity contribution in [2.24, 2.45) is 5.10 Å². The first-order valence-corrected chi connectivity index (χ1v) is 5.15. The smallest absolute Gasteiger partial charge is 0.252 e. The molecule has 0 unspecified atom stereocenters. The molecule has 1 rings (SSSR count). The van der Waals surface area contributed by atoms with Gasteiger partial charge in [-0.05, 0) is 18.2 Å². The number of rotatable bonds is 3. The van der Waals surface area contributed by atoms with E-state index in [0.29, 0.717) is 11.3 Å². The third-order valence-electron chi connectivity index (χ3n) is 1.95. The summed E-state index contributed by atoms with van der Waals surface area (Å²) < 4.78 is 0. The van der Waals surface area contributed by atoms with E-state index in [1.165, 1.54) is 19.2 Å². The van der Waals surface area contributed by atoms with E-state index in [0.717, 1.165) is 0 Å². The predicted molar refractivity (Wildman–Crippen MR) is 67.1 cm³/mol. The molecule has 90 valence electrons. The van der Waals surface area contributed by atoms with E-state index in [9.17, 15) is 4.79 Å². The fourth-order valence-electron chi connectivity index (χ4n) is 1.10. The third-order valence-corrected chi connectivity index (χ3v) is 2.26. The summed E-state index contributed by atoms with van der Waals surface area (Å²) >= 11 is 5.91. The number of hydrogen-bond donors (Lipinski definition) is 2. The van der Waals surface area contributed by atoms with Crippen molar-refractivity contribution in [2.45, 2.75) is 0 Å². The molecule has 0 aliphatic rings. The number of hydrazone groups is 1. The van der Waals surface area contributed by atoms with E-state index in [4.69, 9.17) is 22.1 Å². The first-order chi connectivity index (χ1) is 8.62. The van der Waals surface area contributed by atoms with Crippen LogP contribution in [-0.4, -0.2) is 18.7 Å². The lowest BCUT2D eigenvalue weighted by Crippen LogP contribution is -2.18. The zero-order valence-corrected chi connectivity index (χ0v) is 10.1. The molecule has 0 radical (unpaired) electrons. The van der Waals surface area contributed by atoms with Gasteiger partial charge in [0.1, 0.15) is 12.1 Å². The van der Waals surface area contributed by atoms with Crippen molar-refractivity contribution in [1.29, 1.82) is 10.5 Å². The average molecular weight is 262 g/mol. The van der Waals surface area contributed by atoms with Gasteiger partial charge in [-0.25, -0.2) is 0 Å². The molecule has 0 aliphatic heterocycles. The fourth-order valence-corrected chi connectivity index (χ4v) is 1.37. The lowest BCUT2D eigenvalue weighted by Gasteiger charge is -2.05. The normalized spacial score (nSPS) is 8.67. The number of halogens is 1. The second-order valence-corrected chi connectivity index (χ2v) is 3.48. The molecule has 0 spiro atoms. The highest BCUT2D eigenvalue weighted by atomic mass is 35.5. The van der Waals surface area contributed by atoms with E-state index in [-0.39, 0.29) is 16.6 Å². The van der Waals surface area contributed by atoms with Crippen LogP contribution in [0.3, 0.4) is 0 Å². The molecule has 0 saturated heterocycles. The second-order valence-electron chi connectivity index (χ2n) is 3.07. The van der Waals surface area contributed by atoms with Crippen LogP contribution in [0.25, 0.3) is 0 Å². The molecule has 0 saturated carbocycles. The molecule has 1 aromatic rings. The van der Waals surface area contributed by atoms with Crippen molar-refractivity contribution < 1.29 is 4.79 Å². The summed E-state index contributed by atoms with van der Waals surface area (Å²) in [6.07, 6.45) is 0. The molecule has 18 heavy (non-hydrogen) atoms. The quantitative estimate of drug-likeness (QED) is 0.636. The van der Waals surface area contributed by atoms with Crippen LogP contribution in [-0.2, 0) is 0 Å². The lowest BCUT2D eigenvalue weighted by atomic mass is 10.2. The van der Waals surface area contributed by atoms with Crippen molar-refractivity contribution in [2.75, 3.05) is 12.5 Å². The van der Waals surface area contributed by atoms with Gasteiger partial charge in [0.2, 0.25) is 5.71 Å². The first kappa shape index (κ1) is 13.5. The summed E-state index contributed by atoms with van der Waals surface area (Å²) in [5.41, 5.74) is 2.99. The number of carbonyl (C=O) groups is 1. The summed E-state index contributed by atoms with van der Waals surface area (Å²) in [6.45, 7) is 0. The van der Waals surface area contributed by atoms with Crippen LogP contribution in [0.2, 0.25) is 5.02 Å². The predicted octanol–water partition coefficient (Wildman–Crippen LogP) is 1.51. The highest BCUT2D eigenvalue weighted by Gasteiger charge is 2.08. The van der Waals surface area contributed by atoms with E-state index < -0.39 is 0 Å². The van der Waals surface area contributed by atoms with Gasteiger partial charge < -0.3 is 5.32 Å². The lowest BCUT2D eigenvalue weighted by molar-refractivity contribution is 0.0963. The molecular weight excluding hydrogens is 254 g/mol. The molecule has 1 aromatic carbocycles. The number of hydrogen-bond acceptors (Lipinski definition) is 5. The average Bonchev–Trinajstić information content (AvgIpc) is 2.39. The molecule has 0 heterocycles. The zero-order chi connectivity index (χ0) is 13.5. The maximum absolute atomic E-state index is 11.4. The van der Waals surface area contributed by atoms with E-state index in [1.807, 2.05) is 0 Å². The van der Waals surface area contributed by atoms with E-state index in [2.05, 4.69) is 15.8 Å². The summed E-state index contributed by atoms with van der Waals surface area (Å²) in [4.78, 5) is 11.4. The van der Waals surface area contributed by atoms with Gasteiger partial charge in [0.15, 0.2) is 0 Å². The molecule has 1 amide bonds. The van der Waals surface area contributed by atoms with E-state index >= 15 is 0 Å². The Morgan fingerprint density at radius 2 is 2.06 bits per heavy atom. The number of anilines is 1. The summed E-state index contributed by atoms with van der Waals surface area (Å²) in [5, 5.41) is 23.2. The highest BCUT2D eigenvalue weighted by molar-refractivity contribution is 6.34. The number of nitrogens with one attached hydrogen (secondary N) is 2. The van der Waals surface area contributed by atoms with Crippen molar-refractivity contribution in [1.82, 2.24) is 5.32 Å². The minimum Gasteiger partial charge on any atom is -0.355 e. The molecule has 0 bridgehead atoms. The topological polar surface area (TPSA) is 101 Å². The Hall–Kier alpha value is -2.57. The van der Waals surface area contributed by atoms with Crippen molar-refractivity contribution in [3.8, 4) is 12.1 Å². The minimum atomic E-state index is -0.304. The molecule has 0 atom stereocenters. The first-order valence-electron chi connectivity index (χ1n) is 4.78. The van der Waals surface area contributed by atoms with Crippen molar-refractivity contribution in [3.05, 3.63) is 28.8 Å². The van der Waals surface area contributed by atoms with Crippen LogP contribution in [0.1, 0.15) is 10.4 Å². The molecular formula is C11H8ClN5O. The van der Waals surface area contributed by atoms with Gasteiger partial charge in [-0.1, -0.05) is 11.6 Å². The fraction of sp³-hybridized carbons (Fsp3) is 0.0909. The Morgan fingerprint density at radius 1 is 1.39 bits per heavy atom. The Balaban J connectivity index is 2.93. The van der Waals surface area contributed by atoms with Gasteiger partial charge in [0.05, 0.1) is 16.3 Å². The van der Waals surface area contributed by atoms with Gasteiger partial charge in [-0.3, -0.25) is 10.2 Å². The van der Waals surface area contributed by atoms with E-state index in [1.54, 1.807) is 18.2 Å². The number of nitrogens with zero attached hydrogens (tertiary/aromatic N) is 3. The Morgan fingerprint density at radius 3 is 2.56 bits per heavy atom. The van der Waals surface area contributed by atoms with Gasteiger partial charge in [0.25, 0.3) is 5.91 Å². The van der Waals surface area contributed by atoms with Crippen LogP contribution >= 0.6 is 11.6 Å². The number of carbonyl (C=O) groups excluding carboxylic acids is 1. The van der Waals surface area contributed by atoms with Crippen molar-refractivity contribution >= 4 is 28.9 Å². The Bertz CT molecular complexity index is 566. The standard InChI is InChI=1S/C11H8ClN5O/c1-15-11(18)9-3-2-7(4-10(9)12)16-17-8(5-13)6-14/h2-4,16H,1H3,(H,15,18). The maximum Gasteiger partial charge on any atom is 0.252 e. The number of benzene rings is 1. The molecule has 2 N–H and O–H groups in total. The largest absolute Gasteiger partial charge is 0.355 e. The maximum atomic E-state index is 11.4. The third kappa shape index (κ3) is 3.21. The number of nitriles is 2. The molecule has 7 heteroatoms. The number of amides is 1. The minimum absolute atomic E-state index is 0.241. The second kappa shape index (κ2) is 6.24. The van der Waals surface area contributed by atoms with Gasteiger partial charge in [-0.15, -0.1) is 0 Å². The SMILES string of the molecule is CNC(=O)c1ccc(NN=C(C#N)C#N)cc1Cl. The van der Waals surface area contributed by atoms with Gasteiger partial charge >= 0.3 is 0 Å². The van der Waals surface area contributed by atoms with Crippen LogP contribution in [0, 0.1) is 22.7 Å². The summed E-state index contributed by atoms with van der Waals surface area (Å²) in [7, 11) is 1.50. The molecule has 6 nitrogen and oxygen atoms in total. The van der Waals surface area contributed by atoms with Gasteiger partial charge in [-0.2, -0.15) is 15.6 Å². The Labute approximate surface area is 108 Å². The highest BCUT2D eigenvalue weighted by Crippen LogP contribution is 2.20. The zero-order valence-electron chi connectivity index (χ0n) is 9.36. The monoisotopic (exact) mass is 261 g/mol. The van der Waals surface area contributed by atoms with Gasteiger partial charge in [0, 0.05) is 7.05 Å². The summed E-state index contributed by atoms with van der Waals surface area (Å²) in [6, 6.07) is 7.76. The van der Waals surface area contributed by atoms with Crippen LogP contribution < -0.4 is 10.7 Å². The molecule has 0 aromatic heterocycles. The Kier molecular flexibility index (Phi) is 4.67. The molecule has 0 fully saturated rings. The van der Waals surface area contributed by atoms with Crippen LogP contribution in [0.15, 0.2) is 23.3 Å². The van der Waals surface area contributed by atoms with Crippen molar-refractivity contribution in [3.63, 3.8) is 0 Å². The molecule has 0 aliphatic carbocycles. The van der Waals surface area contributed by atoms with Crippen LogP contribution in [0.4, 0.5) is 5.69 Å². The van der Waals surface area contributed by atoms with Crippen LogP contribution in [0.5, 0.6) is 0 Å².